The van der Waals surface area contributed by atoms with Gasteiger partial charge in [-0.1, -0.05) is 147 Å². The summed E-state index contributed by atoms with van der Waals surface area (Å²) < 4.78 is 12.2. The minimum absolute atomic E-state index is 0. The summed E-state index contributed by atoms with van der Waals surface area (Å²) in [6, 6.07) is 28.0. The van der Waals surface area contributed by atoms with E-state index in [0.29, 0.717) is 23.7 Å². The maximum atomic E-state index is 6.08. The van der Waals surface area contributed by atoms with Gasteiger partial charge in [-0.2, -0.15) is 12.1 Å². The van der Waals surface area contributed by atoms with Gasteiger partial charge in [0.1, 0.15) is 11.5 Å². The summed E-state index contributed by atoms with van der Waals surface area (Å²) >= 11 is 1.74. The van der Waals surface area contributed by atoms with Crippen LogP contribution >= 0.6 is 0 Å². The van der Waals surface area contributed by atoms with E-state index in [1.165, 1.54) is 88.3 Å². The summed E-state index contributed by atoms with van der Waals surface area (Å²) in [7, 11) is 3.62. The molecule has 0 bridgehead atoms. The van der Waals surface area contributed by atoms with E-state index < -0.39 is 0 Å². The Balaban J connectivity index is 0.000000381. The van der Waals surface area contributed by atoms with Crippen LogP contribution in [0.5, 0.6) is 11.5 Å². The summed E-state index contributed by atoms with van der Waals surface area (Å²) in [4.78, 5) is 0. The minimum atomic E-state index is 0. The average Bonchev–Trinajstić information content (AvgIpc) is 3.72. The zero-order chi connectivity index (χ0) is 45.2. The molecule has 6 heteroatoms. The van der Waals surface area contributed by atoms with E-state index in [-0.39, 0.29) is 41.1 Å². The molecule has 0 aliphatic heterocycles. The smallest absolute Gasteiger partial charge is 1.00 e. The Morgan fingerprint density at radius 3 is 0.952 bits per heavy atom. The summed E-state index contributed by atoms with van der Waals surface area (Å²) in [6.45, 7) is 40.7. The van der Waals surface area contributed by atoms with Crippen LogP contribution in [0.3, 0.4) is 0 Å². The zero-order valence-corrected chi connectivity index (χ0v) is 46.8. The van der Waals surface area contributed by atoms with Gasteiger partial charge in [0.25, 0.3) is 0 Å². The van der Waals surface area contributed by atoms with Crippen LogP contribution in [0, 0.1) is 13.8 Å². The predicted molar refractivity (Wildman–Crippen MR) is 264 cm³/mol. The fourth-order valence-electron chi connectivity index (χ4n) is 8.07. The van der Waals surface area contributed by atoms with Crippen molar-refractivity contribution in [1.29, 1.82) is 0 Å². The van der Waals surface area contributed by atoms with Crippen LogP contribution < -0.4 is 34.3 Å². The van der Waals surface area contributed by atoms with Gasteiger partial charge in [0.2, 0.25) is 0 Å². The summed E-state index contributed by atoms with van der Waals surface area (Å²) in [6.07, 6.45) is 0. The number of methoxy groups -OCH3 is 2. The standard InChI is InChI=1S/2C27H35O.C2H6Si.2ClH.Zr/c2*1-16(2)19-12-20(17(3)4)14-22(13-19)25-23-11-18(5)10-21(23)15-24(26(25)28-9)27(6,7)8;1-3-2;;;/h2*10-17H,1-9H3;1-2H3;2*1H;/q2*-1;;;;+2/p-2. The first-order chi connectivity index (χ1) is 27.8. The van der Waals surface area contributed by atoms with E-state index in [0.717, 1.165) is 11.5 Å². The monoisotopic (exact) mass is 968 g/mol. The Labute approximate surface area is 405 Å². The van der Waals surface area contributed by atoms with E-state index in [1.807, 2.05) is 14.2 Å². The van der Waals surface area contributed by atoms with E-state index >= 15 is 0 Å². The van der Waals surface area contributed by atoms with Gasteiger partial charge in [-0.3, -0.25) is 0 Å². The molecule has 336 valence electrons. The van der Waals surface area contributed by atoms with Crippen LogP contribution in [0.4, 0.5) is 0 Å². The molecule has 0 fully saturated rings. The summed E-state index contributed by atoms with van der Waals surface area (Å²) in [5, 5.41) is 5.19. The fourth-order valence-corrected chi connectivity index (χ4v) is 8.07. The van der Waals surface area contributed by atoms with Crippen molar-refractivity contribution in [2.24, 2.45) is 0 Å². The average molecular weight is 971 g/mol. The summed E-state index contributed by atoms with van der Waals surface area (Å²) in [5.74, 6) is 4.00. The van der Waals surface area contributed by atoms with Crippen molar-refractivity contribution in [1.82, 2.24) is 0 Å². The molecule has 0 saturated heterocycles. The molecule has 0 heterocycles. The van der Waals surface area contributed by atoms with E-state index in [4.69, 9.17) is 9.47 Å². The van der Waals surface area contributed by atoms with Crippen LogP contribution in [0.1, 0.15) is 165 Å². The molecule has 0 aliphatic carbocycles. The van der Waals surface area contributed by atoms with Gasteiger partial charge < -0.3 is 34.3 Å². The second-order valence-electron chi connectivity index (χ2n) is 20.6. The predicted octanol–water partition coefficient (Wildman–Crippen LogP) is 11.0. The zero-order valence-electron chi connectivity index (χ0n) is 41.8. The van der Waals surface area contributed by atoms with Crippen LogP contribution in [-0.2, 0) is 34.2 Å². The number of ether oxygens (including phenoxy) is 2. The second-order valence-corrected chi connectivity index (χ2v) is 30.0. The van der Waals surface area contributed by atoms with Crippen molar-refractivity contribution in [3.8, 4) is 33.8 Å². The van der Waals surface area contributed by atoms with Crippen molar-refractivity contribution in [3.05, 3.63) is 117 Å². The van der Waals surface area contributed by atoms with Gasteiger partial charge in [0.15, 0.2) is 0 Å². The van der Waals surface area contributed by atoms with Crippen LogP contribution in [-0.4, -0.2) is 19.7 Å². The Bertz CT molecular complexity index is 2230. The molecule has 6 aromatic rings. The topological polar surface area (TPSA) is 18.5 Å². The fraction of sp³-hybridized carbons (Fsp3) is 0.464. The van der Waals surface area contributed by atoms with E-state index in [1.54, 1.807) is 23.3 Å². The molecule has 0 aromatic heterocycles. The number of halogens is 2. The third-order valence-electron chi connectivity index (χ3n) is 11.4. The maximum absolute atomic E-state index is 6.08. The quantitative estimate of drug-likeness (QED) is 0.112. The molecule has 0 unspecified atom stereocenters. The van der Waals surface area contributed by atoms with Crippen molar-refractivity contribution in [2.45, 2.75) is 158 Å². The molecular formula is C56H76Cl2O2SiZr-2. The largest absolute Gasteiger partial charge is 1.00 e. The maximum Gasteiger partial charge on any atom is -1.00 e. The molecule has 0 amide bonds. The number of benzene rings is 4. The van der Waals surface area contributed by atoms with E-state index in [9.17, 15) is 0 Å². The Morgan fingerprint density at radius 1 is 0.484 bits per heavy atom. The third kappa shape index (κ3) is 13.2. The molecule has 62 heavy (non-hydrogen) atoms. The number of fused-ring (bicyclic) bond motifs is 2. The van der Waals surface area contributed by atoms with Gasteiger partial charge >= 0.3 is 41.9 Å². The minimum Gasteiger partial charge on any atom is -1.00 e. The SMILES string of the molecule is COc1c(C(C)(C)C)cc2[cH-]c(C)cc2c1-c1cc(C(C)C)cc(C(C)C)c1.COc1c(C(C)(C)C)cc2[cH-]c(C)cc2c1-c1cc(C(C)C)cc(C(C)C)c1.C[Si](C)=[Zr+2].[Cl-].[Cl-]. The first-order valence-corrected chi connectivity index (χ1v) is 28.4. The van der Waals surface area contributed by atoms with Crippen LogP contribution in [0.25, 0.3) is 43.8 Å². The Hall–Kier alpha value is -2.62. The first-order valence-electron chi connectivity index (χ1n) is 22.2. The van der Waals surface area contributed by atoms with Crippen molar-refractivity contribution in [3.63, 3.8) is 0 Å². The molecule has 0 N–H and O–H groups in total. The molecule has 0 saturated carbocycles. The van der Waals surface area contributed by atoms with Crippen LogP contribution in [0.2, 0.25) is 13.1 Å². The Kier molecular flexibility index (Phi) is 20.2. The van der Waals surface area contributed by atoms with Crippen molar-refractivity contribution in [2.75, 3.05) is 14.2 Å². The van der Waals surface area contributed by atoms with Gasteiger partial charge in [-0.15, -0.1) is 56.9 Å². The molecular weight excluding hydrogens is 895 g/mol. The number of hydrogen-bond donors (Lipinski definition) is 0. The van der Waals surface area contributed by atoms with Gasteiger partial charge in [0, 0.05) is 0 Å². The molecule has 0 aliphatic rings. The molecule has 0 radical (unpaired) electrons. The van der Waals surface area contributed by atoms with Crippen molar-refractivity contribution < 1.29 is 57.6 Å². The van der Waals surface area contributed by atoms with E-state index in [2.05, 4.69) is 197 Å². The molecule has 2 nitrogen and oxygen atoms in total. The van der Waals surface area contributed by atoms with Crippen LogP contribution in [0.15, 0.2) is 72.8 Å². The van der Waals surface area contributed by atoms with Gasteiger partial charge in [-0.25, -0.2) is 0 Å². The number of hydrogen-bond acceptors (Lipinski definition) is 2. The number of aryl methyl sites for hydroxylation is 2. The number of rotatable bonds is 8. The molecule has 6 rings (SSSR count). The van der Waals surface area contributed by atoms with Gasteiger partial charge in [-0.05, 0) is 90.1 Å². The third-order valence-corrected chi connectivity index (χ3v) is 11.4. The normalized spacial score (nSPS) is 11.6. The summed E-state index contributed by atoms with van der Waals surface area (Å²) in [5.41, 5.74) is 15.9. The molecule has 6 aromatic carbocycles. The van der Waals surface area contributed by atoms with Crippen molar-refractivity contribution >= 4 is 27.0 Å². The second kappa shape index (κ2) is 22.5. The molecule has 0 atom stereocenters. The molecule has 0 spiro atoms. The van der Waals surface area contributed by atoms with Gasteiger partial charge in [0.05, 0.1) is 14.2 Å². The first kappa shape index (κ1) is 55.5. The Morgan fingerprint density at radius 2 is 0.742 bits per heavy atom.